The second-order valence-corrected chi connectivity index (χ2v) is 7.23. The van der Waals surface area contributed by atoms with Crippen molar-refractivity contribution in [3.8, 4) is 0 Å². The van der Waals surface area contributed by atoms with Crippen LogP contribution in [0.2, 0.25) is 0 Å². The van der Waals surface area contributed by atoms with Crippen LogP contribution in [0.3, 0.4) is 0 Å². The van der Waals surface area contributed by atoms with E-state index in [4.69, 9.17) is 0 Å². The number of H-pyrrole nitrogens is 1. The van der Waals surface area contributed by atoms with Gasteiger partial charge in [0.15, 0.2) is 0 Å². The molecule has 0 bridgehead atoms. The Balaban J connectivity index is 1.30. The zero-order valence-corrected chi connectivity index (χ0v) is 14.7. The molecule has 6 nitrogen and oxygen atoms in total. The third kappa shape index (κ3) is 3.11. The molecule has 2 atom stereocenters. The van der Waals surface area contributed by atoms with Crippen molar-refractivity contribution in [3.05, 3.63) is 36.0 Å². The number of benzene rings is 1. The number of para-hydroxylation sites is 1. The Labute approximate surface area is 151 Å². The Morgan fingerprint density at radius 2 is 1.81 bits per heavy atom. The number of aromatic amines is 1. The summed E-state index contributed by atoms with van der Waals surface area (Å²) in [6, 6.07) is 9.95. The second-order valence-electron chi connectivity index (χ2n) is 7.23. The highest BCUT2D eigenvalue weighted by Crippen LogP contribution is 2.37. The van der Waals surface area contributed by atoms with Crippen molar-refractivity contribution in [2.75, 3.05) is 6.54 Å². The van der Waals surface area contributed by atoms with E-state index in [2.05, 4.69) is 10.3 Å². The molecule has 26 heavy (non-hydrogen) atoms. The second kappa shape index (κ2) is 6.94. The lowest BCUT2D eigenvalue weighted by Gasteiger charge is -2.19. The average Bonchev–Trinajstić information content (AvgIpc) is 3.18. The summed E-state index contributed by atoms with van der Waals surface area (Å²) in [7, 11) is 0. The minimum Gasteiger partial charge on any atom is -0.357 e. The fourth-order valence-corrected chi connectivity index (χ4v) is 4.18. The molecular formula is C20H23N3O3. The molecule has 0 radical (unpaired) electrons. The Bertz CT molecular complexity index is 800. The van der Waals surface area contributed by atoms with Gasteiger partial charge in [0.1, 0.15) is 0 Å². The van der Waals surface area contributed by atoms with Crippen LogP contribution in [0.5, 0.6) is 0 Å². The van der Waals surface area contributed by atoms with Crippen molar-refractivity contribution >= 4 is 28.6 Å². The number of imide groups is 1. The van der Waals surface area contributed by atoms with E-state index in [-0.39, 0.29) is 42.5 Å². The minimum atomic E-state index is -0.154. The Kier molecular flexibility index (Phi) is 4.49. The normalized spacial score (nSPS) is 22.7. The SMILES string of the molecule is O=C(CCN1C(=O)[C@@H]2CCCC[C@H]2C1=O)NCc1cc2ccccc2[nH]1. The van der Waals surface area contributed by atoms with Gasteiger partial charge in [-0.1, -0.05) is 31.0 Å². The van der Waals surface area contributed by atoms with Gasteiger partial charge >= 0.3 is 0 Å². The zero-order chi connectivity index (χ0) is 18.1. The monoisotopic (exact) mass is 353 g/mol. The predicted molar refractivity (Wildman–Crippen MR) is 96.9 cm³/mol. The number of hydrogen-bond acceptors (Lipinski definition) is 3. The van der Waals surface area contributed by atoms with Crippen LogP contribution in [-0.4, -0.2) is 34.2 Å². The Hall–Kier alpha value is -2.63. The van der Waals surface area contributed by atoms with E-state index in [9.17, 15) is 14.4 Å². The molecule has 0 unspecified atom stereocenters. The molecule has 1 aromatic carbocycles. The summed E-state index contributed by atoms with van der Waals surface area (Å²) in [5.74, 6) is -0.610. The van der Waals surface area contributed by atoms with E-state index in [0.717, 1.165) is 42.3 Å². The average molecular weight is 353 g/mol. The van der Waals surface area contributed by atoms with Gasteiger partial charge < -0.3 is 10.3 Å². The first kappa shape index (κ1) is 16.8. The molecule has 136 valence electrons. The smallest absolute Gasteiger partial charge is 0.233 e. The van der Waals surface area contributed by atoms with Gasteiger partial charge in [0.2, 0.25) is 17.7 Å². The minimum absolute atomic E-state index is 0.0804. The number of amides is 3. The number of nitrogens with one attached hydrogen (secondary N) is 2. The van der Waals surface area contributed by atoms with Crippen molar-refractivity contribution < 1.29 is 14.4 Å². The summed E-state index contributed by atoms with van der Waals surface area (Å²) < 4.78 is 0. The lowest BCUT2D eigenvalue weighted by molar-refractivity contribution is -0.140. The summed E-state index contributed by atoms with van der Waals surface area (Å²) >= 11 is 0. The lowest BCUT2D eigenvalue weighted by atomic mass is 9.81. The number of hydrogen-bond donors (Lipinski definition) is 2. The molecule has 2 aliphatic rings. The molecule has 1 saturated carbocycles. The zero-order valence-electron chi connectivity index (χ0n) is 14.7. The maximum Gasteiger partial charge on any atom is 0.233 e. The van der Waals surface area contributed by atoms with Gasteiger partial charge in [-0.05, 0) is 30.4 Å². The van der Waals surface area contributed by atoms with Gasteiger partial charge in [-0.15, -0.1) is 0 Å². The maximum atomic E-state index is 12.4. The number of aromatic nitrogens is 1. The quantitative estimate of drug-likeness (QED) is 0.810. The van der Waals surface area contributed by atoms with Crippen LogP contribution in [0.25, 0.3) is 10.9 Å². The number of carbonyl (C=O) groups is 3. The van der Waals surface area contributed by atoms with E-state index in [1.807, 2.05) is 30.3 Å². The lowest BCUT2D eigenvalue weighted by Crippen LogP contribution is -2.35. The van der Waals surface area contributed by atoms with Crippen LogP contribution in [0, 0.1) is 11.8 Å². The molecular weight excluding hydrogens is 330 g/mol. The predicted octanol–water partition coefficient (Wildman–Crippen LogP) is 2.35. The number of fused-ring (bicyclic) bond motifs is 2. The maximum absolute atomic E-state index is 12.4. The van der Waals surface area contributed by atoms with Crippen LogP contribution in [0.1, 0.15) is 37.8 Å². The van der Waals surface area contributed by atoms with Gasteiger partial charge in [-0.3, -0.25) is 19.3 Å². The third-order valence-corrected chi connectivity index (χ3v) is 5.56. The van der Waals surface area contributed by atoms with Crippen molar-refractivity contribution in [1.29, 1.82) is 0 Å². The molecule has 1 saturated heterocycles. The molecule has 2 heterocycles. The summed E-state index contributed by atoms with van der Waals surface area (Å²) in [6.45, 7) is 0.587. The fraction of sp³-hybridized carbons (Fsp3) is 0.450. The summed E-state index contributed by atoms with van der Waals surface area (Å²) in [4.78, 5) is 41.5. The largest absolute Gasteiger partial charge is 0.357 e. The van der Waals surface area contributed by atoms with E-state index in [1.54, 1.807) is 0 Å². The topological polar surface area (TPSA) is 82.3 Å². The molecule has 2 fully saturated rings. The molecule has 6 heteroatoms. The fourth-order valence-electron chi connectivity index (χ4n) is 4.18. The van der Waals surface area contributed by atoms with E-state index >= 15 is 0 Å². The molecule has 2 N–H and O–H groups in total. The molecule has 1 aromatic heterocycles. The third-order valence-electron chi connectivity index (χ3n) is 5.56. The molecule has 2 aromatic rings. The molecule has 0 spiro atoms. The molecule has 4 rings (SSSR count). The van der Waals surface area contributed by atoms with Gasteiger partial charge in [-0.25, -0.2) is 0 Å². The van der Waals surface area contributed by atoms with Crippen LogP contribution in [0.15, 0.2) is 30.3 Å². The number of carbonyl (C=O) groups excluding carboxylic acids is 3. The van der Waals surface area contributed by atoms with Gasteiger partial charge in [0.25, 0.3) is 0 Å². The Morgan fingerprint density at radius 3 is 2.50 bits per heavy atom. The van der Waals surface area contributed by atoms with E-state index in [1.165, 1.54) is 4.90 Å². The van der Waals surface area contributed by atoms with Crippen LogP contribution in [-0.2, 0) is 20.9 Å². The highest BCUT2D eigenvalue weighted by molar-refractivity contribution is 6.05. The van der Waals surface area contributed by atoms with Crippen LogP contribution < -0.4 is 5.32 Å². The van der Waals surface area contributed by atoms with E-state index < -0.39 is 0 Å². The first-order chi connectivity index (χ1) is 12.6. The van der Waals surface area contributed by atoms with Gasteiger partial charge in [-0.2, -0.15) is 0 Å². The van der Waals surface area contributed by atoms with Gasteiger partial charge in [0, 0.05) is 24.2 Å². The van der Waals surface area contributed by atoms with E-state index in [0.29, 0.717) is 6.54 Å². The summed E-state index contributed by atoms with van der Waals surface area (Å²) in [5.41, 5.74) is 1.96. The van der Waals surface area contributed by atoms with Crippen molar-refractivity contribution in [3.63, 3.8) is 0 Å². The summed E-state index contributed by atoms with van der Waals surface area (Å²) in [5, 5.41) is 3.96. The first-order valence-electron chi connectivity index (χ1n) is 9.32. The molecule has 1 aliphatic heterocycles. The molecule has 1 aliphatic carbocycles. The summed E-state index contributed by atoms with van der Waals surface area (Å²) in [6.07, 6.45) is 3.78. The number of nitrogens with zero attached hydrogens (tertiary/aromatic N) is 1. The van der Waals surface area contributed by atoms with Gasteiger partial charge in [0.05, 0.1) is 18.4 Å². The van der Waals surface area contributed by atoms with Crippen LogP contribution in [0.4, 0.5) is 0 Å². The number of likely N-dealkylation sites (tertiary alicyclic amines) is 1. The van der Waals surface area contributed by atoms with Crippen molar-refractivity contribution in [2.45, 2.75) is 38.6 Å². The Morgan fingerprint density at radius 1 is 1.12 bits per heavy atom. The van der Waals surface area contributed by atoms with Crippen molar-refractivity contribution in [2.24, 2.45) is 11.8 Å². The highest BCUT2D eigenvalue weighted by Gasteiger charge is 2.47. The standard InChI is InChI=1S/C20H23N3O3/c24-18(21-12-14-11-13-5-1-4-8-17(13)22-14)9-10-23-19(25)15-6-2-3-7-16(15)20(23)26/h1,4-5,8,11,15-16,22H,2-3,6-7,9-10,12H2,(H,21,24)/t15-,16-/m1/s1. The highest BCUT2D eigenvalue weighted by atomic mass is 16.2. The van der Waals surface area contributed by atoms with Crippen molar-refractivity contribution in [1.82, 2.24) is 15.2 Å². The number of rotatable bonds is 5. The molecule has 3 amide bonds. The first-order valence-corrected chi connectivity index (χ1v) is 9.32. The van der Waals surface area contributed by atoms with Crippen LogP contribution >= 0.6 is 0 Å².